The smallest absolute Gasteiger partial charge is 0.340 e. The minimum Gasteiger partial charge on any atom is -0.505 e. The van der Waals surface area contributed by atoms with Crippen LogP contribution in [0, 0.1) is 0 Å². The van der Waals surface area contributed by atoms with Crippen molar-refractivity contribution in [2.75, 3.05) is 0 Å². The number of carboxylic acid groups (broad SMARTS) is 1. The van der Waals surface area contributed by atoms with Crippen LogP contribution in [0.4, 0.5) is 0 Å². The summed E-state index contributed by atoms with van der Waals surface area (Å²) in [6.45, 7) is 2.02. The minimum absolute atomic E-state index is 0.105. The minimum atomic E-state index is -1.17. The normalized spacial score (nSPS) is 10.9. The molecule has 0 atom stereocenters. The van der Waals surface area contributed by atoms with E-state index in [0.29, 0.717) is 28.0 Å². The van der Waals surface area contributed by atoms with Crippen molar-refractivity contribution in [2.45, 2.75) is 19.8 Å². The van der Waals surface area contributed by atoms with Gasteiger partial charge in [-0.2, -0.15) is 0 Å². The van der Waals surface area contributed by atoms with E-state index >= 15 is 0 Å². The van der Waals surface area contributed by atoms with Gasteiger partial charge in [-0.15, -0.1) is 0 Å². The summed E-state index contributed by atoms with van der Waals surface area (Å²) in [6, 6.07) is 12.6. The zero-order chi connectivity index (χ0) is 17.3. The van der Waals surface area contributed by atoms with Crippen molar-refractivity contribution in [3.63, 3.8) is 0 Å². The molecule has 0 aliphatic heterocycles. The Hall–Kier alpha value is -2.59. The van der Waals surface area contributed by atoms with E-state index in [1.54, 1.807) is 18.2 Å². The molecule has 4 nitrogen and oxygen atoms in total. The summed E-state index contributed by atoms with van der Waals surface area (Å²) in [5.41, 5.74) is 2.77. The van der Waals surface area contributed by atoms with Crippen LogP contribution in [-0.2, 0) is 12.8 Å². The van der Waals surface area contributed by atoms with Gasteiger partial charge in [-0.3, -0.25) is 0 Å². The molecule has 3 rings (SSSR count). The maximum absolute atomic E-state index is 11.6. The Kier molecular flexibility index (Phi) is 4.40. The molecule has 24 heavy (non-hydrogen) atoms. The van der Waals surface area contributed by atoms with E-state index in [2.05, 4.69) is 4.98 Å². The number of aromatic hydroxyl groups is 1. The van der Waals surface area contributed by atoms with Crippen molar-refractivity contribution in [3.05, 3.63) is 69.9 Å². The molecule has 0 saturated carbocycles. The lowest BCUT2D eigenvalue weighted by molar-refractivity contribution is 0.0695. The molecule has 1 heterocycles. The summed E-state index contributed by atoms with van der Waals surface area (Å²) in [4.78, 5) is 16.1. The van der Waals surface area contributed by atoms with Crippen molar-refractivity contribution in [1.29, 1.82) is 0 Å². The van der Waals surface area contributed by atoms with E-state index in [1.165, 1.54) is 0 Å². The first kappa shape index (κ1) is 16.3. The summed E-state index contributed by atoms with van der Waals surface area (Å²) in [5, 5.41) is 21.0. The highest BCUT2D eigenvalue weighted by Crippen LogP contribution is 2.31. The quantitative estimate of drug-likeness (QED) is 0.735. The molecule has 2 aromatic carbocycles. The van der Waals surface area contributed by atoms with Gasteiger partial charge in [-0.05, 0) is 35.7 Å². The maximum atomic E-state index is 11.6. The third-order valence-electron chi connectivity index (χ3n) is 4.00. The highest BCUT2D eigenvalue weighted by molar-refractivity contribution is 6.30. The number of halogens is 1. The molecule has 0 fully saturated rings. The molecule has 0 unspecified atom stereocenters. The second kappa shape index (κ2) is 6.49. The number of aromatic nitrogens is 1. The third-order valence-corrected chi connectivity index (χ3v) is 4.26. The standard InChI is InChI=1S/C19H16ClNO3/c1-2-11-5-8-14-15(9-11)21-16(18(22)17(14)19(23)24)10-12-3-6-13(20)7-4-12/h3-9,22H,2,10H2,1H3,(H,23,24). The number of hydrogen-bond acceptors (Lipinski definition) is 3. The molecular weight excluding hydrogens is 326 g/mol. The Balaban J connectivity index is 2.17. The molecule has 1 aromatic heterocycles. The molecule has 3 aromatic rings. The lowest BCUT2D eigenvalue weighted by Crippen LogP contribution is -2.04. The van der Waals surface area contributed by atoms with E-state index in [-0.39, 0.29) is 11.3 Å². The zero-order valence-electron chi connectivity index (χ0n) is 13.1. The molecule has 0 aliphatic rings. The van der Waals surface area contributed by atoms with E-state index in [9.17, 15) is 15.0 Å². The van der Waals surface area contributed by atoms with Gasteiger partial charge in [0.05, 0.1) is 11.2 Å². The van der Waals surface area contributed by atoms with E-state index in [0.717, 1.165) is 17.5 Å². The van der Waals surface area contributed by atoms with Crippen molar-refractivity contribution < 1.29 is 15.0 Å². The summed E-state index contributed by atoms with van der Waals surface area (Å²) < 4.78 is 0. The van der Waals surface area contributed by atoms with Crippen LogP contribution in [0.1, 0.15) is 34.1 Å². The van der Waals surface area contributed by atoms with E-state index in [4.69, 9.17) is 11.6 Å². The fourth-order valence-corrected chi connectivity index (χ4v) is 2.83. The van der Waals surface area contributed by atoms with E-state index in [1.807, 2.05) is 31.2 Å². The Morgan fingerprint density at radius 1 is 1.12 bits per heavy atom. The fraction of sp³-hybridized carbons (Fsp3) is 0.158. The predicted molar refractivity (Wildman–Crippen MR) is 94.0 cm³/mol. The first-order valence-corrected chi connectivity index (χ1v) is 7.99. The molecule has 0 spiro atoms. The summed E-state index contributed by atoms with van der Waals surface area (Å²) in [7, 11) is 0. The number of rotatable bonds is 4. The lowest BCUT2D eigenvalue weighted by atomic mass is 10.0. The topological polar surface area (TPSA) is 70.4 Å². The number of carbonyl (C=O) groups is 1. The van der Waals surface area contributed by atoms with Crippen LogP contribution < -0.4 is 0 Å². The first-order valence-electron chi connectivity index (χ1n) is 7.61. The van der Waals surface area contributed by atoms with Gasteiger partial charge in [-0.1, -0.05) is 42.8 Å². The Bertz CT molecular complexity index is 920. The van der Waals surface area contributed by atoms with Gasteiger partial charge in [0.15, 0.2) is 5.75 Å². The summed E-state index contributed by atoms with van der Waals surface area (Å²) in [6.07, 6.45) is 1.16. The number of fused-ring (bicyclic) bond motifs is 1. The number of hydrogen-bond donors (Lipinski definition) is 2. The van der Waals surface area contributed by atoms with Crippen LogP contribution in [0.3, 0.4) is 0 Å². The van der Waals surface area contributed by atoms with Crippen LogP contribution >= 0.6 is 11.6 Å². The van der Waals surface area contributed by atoms with E-state index < -0.39 is 5.97 Å². The lowest BCUT2D eigenvalue weighted by Gasteiger charge is -2.11. The highest BCUT2D eigenvalue weighted by atomic mass is 35.5. The van der Waals surface area contributed by atoms with Crippen LogP contribution in [0.2, 0.25) is 5.02 Å². The predicted octanol–water partition coefficient (Wildman–Crippen LogP) is 4.45. The molecule has 0 amide bonds. The van der Waals surface area contributed by atoms with Crippen LogP contribution in [0.25, 0.3) is 10.9 Å². The molecular formula is C19H16ClNO3. The molecule has 0 saturated heterocycles. The number of nitrogens with zero attached hydrogens (tertiary/aromatic N) is 1. The largest absolute Gasteiger partial charge is 0.505 e. The Morgan fingerprint density at radius 2 is 1.79 bits per heavy atom. The number of aryl methyl sites for hydroxylation is 1. The number of aromatic carboxylic acids is 1. The van der Waals surface area contributed by atoms with Gasteiger partial charge in [0.25, 0.3) is 0 Å². The third kappa shape index (κ3) is 3.05. The molecule has 0 aliphatic carbocycles. The molecule has 2 N–H and O–H groups in total. The maximum Gasteiger partial charge on any atom is 0.340 e. The fourth-order valence-electron chi connectivity index (χ4n) is 2.71. The summed E-state index contributed by atoms with van der Waals surface area (Å²) >= 11 is 5.88. The Labute approximate surface area is 144 Å². The van der Waals surface area contributed by atoms with Crippen molar-refractivity contribution in [3.8, 4) is 5.75 Å². The second-order valence-electron chi connectivity index (χ2n) is 5.60. The number of pyridine rings is 1. The van der Waals surface area contributed by atoms with Crippen LogP contribution in [0.15, 0.2) is 42.5 Å². The first-order chi connectivity index (χ1) is 11.5. The van der Waals surface area contributed by atoms with Gasteiger partial charge in [0, 0.05) is 16.8 Å². The molecule has 0 radical (unpaired) electrons. The van der Waals surface area contributed by atoms with Gasteiger partial charge >= 0.3 is 5.97 Å². The van der Waals surface area contributed by atoms with Crippen molar-refractivity contribution in [2.24, 2.45) is 0 Å². The average Bonchev–Trinajstić information content (AvgIpc) is 2.56. The van der Waals surface area contributed by atoms with Gasteiger partial charge in [0.1, 0.15) is 5.56 Å². The van der Waals surface area contributed by atoms with Gasteiger partial charge in [-0.25, -0.2) is 9.78 Å². The average molecular weight is 342 g/mol. The Morgan fingerprint density at radius 3 is 2.42 bits per heavy atom. The van der Waals surface area contributed by atoms with Crippen molar-refractivity contribution in [1.82, 2.24) is 4.98 Å². The van der Waals surface area contributed by atoms with Crippen LogP contribution in [0.5, 0.6) is 5.75 Å². The highest BCUT2D eigenvalue weighted by Gasteiger charge is 2.20. The number of carboxylic acids is 1. The van der Waals surface area contributed by atoms with Gasteiger partial charge in [0.2, 0.25) is 0 Å². The summed E-state index contributed by atoms with van der Waals surface area (Å²) in [5.74, 6) is -1.45. The van der Waals surface area contributed by atoms with Gasteiger partial charge < -0.3 is 10.2 Å². The number of benzene rings is 2. The van der Waals surface area contributed by atoms with Crippen molar-refractivity contribution >= 4 is 28.5 Å². The molecule has 0 bridgehead atoms. The molecule has 5 heteroatoms. The second-order valence-corrected chi connectivity index (χ2v) is 6.03. The molecule has 122 valence electrons. The van der Waals surface area contributed by atoms with Crippen LogP contribution in [-0.4, -0.2) is 21.2 Å². The monoisotopic (exact) mass is 341 g/mol. The SMILES string of the molecule is CCc1ccc2c(C(=O)O)c(O)c(Cc3ccc(Cl)cc3)nc2c1. The zero-order valence-corrected chi connectivity index (χ0v) is 13.8.